The third kappa shape index (κ3) is 6.72. The van der Waals surface area contributed by atoms with Gasteiger partial charge in [0.2, 0.25) is 0 Å². The molecule has 2 atom stereocenters. The van der Waals surface area contributed by atoms with Gasteiger partial charge in [-0.15, -0.1) is 24.0 Å². The molecule has 2 aliphatic rings. The number of hydrogen-bond acceptors (Lipinski definition) is 4. The molecule has 0 bridgehead atoms. The van der Waals surface area contributed by atoms with Crippen LogP contribution in [0.25, 0.3) is 0 Å². The molecule has 0 aromatic rings. The van der Waals surface area contributed by atoms with Gasteiger partial charge in [0.05, 0.1) is 6.61 Å². The summed E-state index contributed by atoms with van der Waals surface area (Å²) in [5.74, 6) is 1.63. The van der Waals surface area contributed by atoms with E-state index in [1.807, 2.05) is 7.05 Å². The van der Waals surface area contributed by atoms with E-state index < -0.39 is 0 Å². The molecule has 0 radical (unpaired) electrons. The zero-order valence-electron chi connectivity index (χ0n) is 15.1. The van der Waals surface area contributed by atoms with Crippen LogP contribution in [0, 0.1) is 5.92 Å². The summed E-state index contributed by atoms with van der Waals surface area (Å²) in [5.41, 5.74) is 0. The van der Waals surface area contributed by atoms with Crippen molar-refractivity contribution in [3.8, 4) is 0 Å². The molecule has 2 aliphatic heterocycles. The molecule has 6 nitrogen and oxygen atoms in total. The van der Waals surface area contributed by atoms with Gasteiger partial charge in [-0.1, -0.05) is 0 Å². The SMILES string of the molecule is CN=C(NCC(C)N1CCN(C)CC1)N(C)CC1CCOC1.I. The van der Waals surface area contributed by atoms with Gasteiger partial charge in [0.1, 0.15) is 0 Å². The van der Waals surface area contributed by atoms with Crippen molar-refractivity contribution in [2.45, 2.75) is 19.4 Å². The highest BCUT2D eigenvalue weighted by Gasteiger charge is 2.21. The average Bonchev–Trinajstić information content (AvgIpc) is 3.01. The fraction of sp³-hybridized carbons (Fsp3) is 0.938. The highest BCUT2D eigenvalue weighted by Crippen LogP contribution is 2.13. The van der Waals surface area contributed by atoms with E-state index in [1.54, 1.807) is 0 Å². The maximum atomic E-state index is 5.46. The minimum Gasteiger partial charge on any atom is -0.381 e. The molecule has 1 N–H and O–H groups in total. The Bertz CT molecular complexity index is 354. The summed E-state index contributed by atoms with van der Waals surface area (Å²) < 4.78 is 5.46. The average molecular weight is 439 g/mol. The normalized spacial score (nSPS) is 25.0. The Labute approximate surface area is 158 Å². The van der Waals surface area contributed by atoms with E-state index in [0.717, 1.165) is 45.4 Å². The van der Waals surface area contributed by atoms with Gasteiger partial charge >= 0.3 is 0 Å². The molecule has 2 unspecified atom stereocenters. The minimum atomic E-state index is 0. The number of hydrogen-bond donors (Lipinski definition) is 1. The molecule has 7 heteroatoms. The molecule has 2 saturated heterocycles. The number of piperazine rings is 1. The summed E-state index contributed by atoms with van der Waals surface area (Å²) in [6.45, 7) is 10.7. The van der Waals surface area contributed by atoms with Crippen LogP contribution in [0.15, 0.2) is 4.99 Å². The molecule has 0 aliphatic carbocycles. The highest BCUT2D eigenvalue weighted by atomic mass is 127. The van der Waals surface area contributed by atoms with Crippen LogP contribution in [0.4, 0.5) is 0 Å². The number of nitrogens with one attached hydrogen (secondary N) is 1. The van der Waals surface area contributed by atoms with Gasteiger partial charge in [-0.3, -0.25) is 9.89 Å². The standard InChI is InChI=1S/C16H33N5O.HI/c1-14(21-8-6-19(3)7-9-21)11-18-16(17-2)20(4)12-15-5-10-22-13-15;/h14-15H,5-13H2,1-4H3,(H,17,18);1H. The molecular weight excluding hydrogens is 405 g/mol. The van der Waals surface area contributed by atoms with Gasteiger partial charge in [0, 0.05) is 71.9 Å². The number of ether oxygens (including phenoxy) is 1. The van der Waals surface area contributed by atoms with E-state index in [9.17, 15) is 0 Å². The van der Waals surface area contributed by atoms with Crippen molar-refractivity contribution in [3.63, 3.8) is 0 Å². The first-order chi connectivity index (χ1) is 10.6. The third-order valence-corrected chi connectivity index (χ3v) is 4.85. The lowest BCUT2D eigenvalue weighted by Gasteiger charge is -2.37. The largest absolute Gasteiger partial charge is 0.381 e. The number of halogens is 1. The van der Waals surface area contributed by atoms with Crippen molar-refractivity contribution in [3.05, 3.63) is 0 Å². The Morgan fingerprint density at radius 3 is 2.61 bits per heavy atom. The van der Waals surface area contributed by atoms with Crippen molar-refractivity contribution < 1.29 is 4.74 Å². The van der Waals surface area contributed by atoms with Gasteiger partial charge in [-0.25, -0.2) is 0 Å². The van der Waals surface area contributed by atoms with Crippen LogP contribution in [0.2, 0.25) is 0 Å². The van der Waals surface area contributed by atoms with Crippen LogP contribution in [0.5, 0.6) is 0 Å². The van der Waals surface area contributed by atoms with E-state index in [1.165, 1.54) is 19.5 Å². The lowest BCUT2D eigenvalue weighted by atomic mass is 10.1. The molecule has 2 heterocycles. The number of guanidine groups is 1. The van der Waals surface area contributed by atoms with Crippen molar-refractivity contribution in [1.29, 1.82) is 0 Å². The Kier molecular flexibility index (Phi) is 9.72. The minimum absolute atomic E-state index is 0. The molecule has 2 fully saturated rings. The fourth-order valence-electron chi connectivity index (χ4n) is 3.22. The number of aliphatic imine (C=N–C) groups is 1. The maximum absolute atomic E-state index is 5.46. The predicted molar refractivity (Wildman–Crippen MR) is 107 cm³/mol. The molecule has 0 amide bonds. The lowest BCUT2D eigenvalue weighted by molar-refractivity contribution is 0.119. The Morgan fingerprint density at radius 1 is 1.35 bits per heavy atom. The fourth-order valence-corrected chi connectivity index (χ4v) is 3.22. The van der Waals surface area contributed by atoms with Crippen LogP contribution < -0.4 is 5.32 Å². The van der Waals surface area contributed by atoms with E-state index in [0.29, 0.717) is 12.0 Å². The number of rotatable bonds is 5. The van der Waals surface area contributed by atoms with Crippen LogP contribution >= 0.6 is 24.0 Å². The van der Waals surface area contributed by atoms with E-state index in [-0.39, 0.29) is 24.0 Å². The Balaban J connectivity index is 0.00000264. The van der Waals surface area contributed by atoms with Gasteiger partial charge < -0.3 is 19.9 Å². The number of likely N-dealkylation sites (N-methyl/N-ethyl adjacent to an activating group) is 1. The van der Waals surface area contributed by atoms with Crippen LogP contribution in [-0.2, 0) is 4.74 Å². The summed E-state index contributed by atoms with van der Waals surface area (Å²) in [5, 5.41) is 3.53. The first-order valence-corrected chi connectivity index (χ1v) is 8.52. The Hall–Kier alpha value is -0.120. The van der Waals surface area contributed by atoms with E-state index >= 15 is 0 Å². The molecule has 23 heavy (non-hydrogen) atoms. The molecule has 136 valence electrons. The molecule has 0 spiro atoms. The smallest absolute Gasteiger partial charge is 0.193 e. The first kappa shape index (κ1) is 20.9. The summed E-state index contributed by atoms with van der Waals surface area (Å²) in [7, 11) is 6.18. The van der Waals surface area contributed by atoms with Crippen molar-refractivity contribution >= 4 is 29.9 Å². The van der Waals surface area contributed by atoms with E-state index in [4.69, 9.17) is 4.74 Å². The van der Waals surface area contributed by atoms with Crippen molar-refractivity contribution in [1.82, 2.24) is 20.0 Å². The first-order valence-electron chi connectivity index (χ1n) is 8.52. The Morgan fingerprint density at radius 2 is 2.04 bits per heavy atom. The monoisotopic (exact) mass is 439 g/mol. The third-order valence-electron chi connectivity index (χ3n) is 4.85. The summed E-state index contributed by atoms with van der Waals surface area (Å²) in [4.78, 5) is 11.6. The molecule has 0 aromatic heterocycles. The summed E-state index contributed by atoms with van der Waals surface area (Å²) >= 11 is 0. The summed E-state index contributed by atoms with van der Waals surface area (Å²) in [6, 6.07) is 0.536. The second-order valence-corrected chi connectivity index (χ2v) is 6.73. The van der Waals surface area contributed by atoms with Gasteiger partial charge in [0.25, 0.3) is 0 Å². The lowest BCUT2D eigenvalue weighted by Crippen LogP contribution is -2.52. The highest BCUT2D eigenvalue weighted by molar-refractivity contribution is 14.0. The zero-order valence-corrected chi connectivity index (χ0v) is 17.5. The van der Waals surface area contributed by atoms with Crippen molar-refractivity contribution in [2.24, 2.45) is 10.9 Å². The topological polar surface area (TPSA) is 43.3 Å². The molecule has 0 aromatic carbocycles. The van der Waals surface area contributed by atoms with Gasteiger partial charge in [-0.05, 0) is 20.4 Å². The quantitative estimate of drug-likeness (QED) is 0.390. The van der Waals surface area contributed by atoms with Gasteiger partial charge in [-0.2, -0.15) is 0 Å². The summed E-state index contributed by atoms with van der Waals surface area (Å²) in [6.07, 6.45) is 1.17. The van der Waals surface area contributed by atoms with E-state index in [2.05, 4.69) is 46.0 Å². The van der Waals surface area contributed by atoms with Crippen LogP contribution in [0.1, 0.15) is 13.3 Å². The number of nitrogens with zero attached hydrogens (tertiary/aromatic N) is 4. The molecule has 0 saturated carbocycles. The van der Waals surface area contributed by atoms with Gasteiger partial charge in [0.15, 0.2) is 5.96 Å². The molecule has 2 rings (SSSR count). The molecular formula is C16H34IN5O. The zero-order chi connectivity index (χ0) is 15.9. The second-order valence-electron chi connectivity index (χ2n) is 6.73. The van der Waals surface area contributed by atoms with Crippen molar-refractivity contribution in [2.75, 3.05) is 73.6 Å². The van der Waals surface area contributed by atoms with Crippen LogP contribution in [0.3, 0.4) is 0 Å². The van der Waals surface area contributed by atoms with Crippen LogP contribution in [-0.4, -0.2) is 100 Å². The predicted octanol–water partition coefficient (Wildman–Crippen LogP) is 0.784. The second kappa shape index (κ2) is 10.7. The maximum Gasteiger partial charge on any atom is 0.193 e.